The average molecular weight is 213 g/mol. The van der Waals surface area contributed by atoms with Gasteiger partial charge in [-0.15, -0.1) is 0 Å². The van der Waals surface area contributed by atoms with Gasteiger partial charge < -0.3 is 10.1 Å². The predicted molar refractivity (Wildman–Crippen MR) is 62.4 cm³/mol. The lowest BCUT2D eigenvalue weighted by Gasteiger charge is -2.32. The minimum atomic E-state index is -0.339. The number of rotatable bonds is 4. The first-order valence-electron chi connectivity index (χ1n) is 5.18. The smallest absolute Gasteiger partial charge is 0.331 e. The van der Waals surface area contributed by atoms with E-state index in [0.29, 0.717) is 0 Å². The Morgan fingerprint density at radius 2 is 1.80 bits per heavy atom. The molecule has 0 aliphatic heterocycles. The van der Waals surface area contributed by atoms with Crippen LogP contribution in [0.2, 0.25) is 0 Å². The summed E-state index contributed by atoms with van der Waals surface area (Å²) in [6, 6.07) is 0. The van der Waals surface area contributed by atoms with Gasteiger partial charge in [-0.2, -0.15) is 0 Å². The first kappa shape index (κ1) is 14.0. The van der Waals surface area contributed by atoms with Crippen molar-refractivity contribution >= 4 is 5.97 Å². The molecule has 0 radical (unpaired) electrons. The molecule has 0 aromatic rings. The van der Waals surface area contributed by atoms with Gasteiger partial charge in [-0.25, -0.2) is 4.79 Å². The number of hydrogen-bond donors (Lipinski definition) is 1. The maximum absolute atomic E-state index is 10.8. The molecule has 0 amide bonds. The van der Waals surface area contributed by atoms with E-state index in [0.717, 1.165) is 6.42 Å². The van der Waals surface area contributed by atoms with Crippen LogP contribution in [0.5, 0.6) is 0 Å². The van der Waals surface area contributed by atoms with E-state index in [2.05, 4.69) is 44.7 Å². The van der Waals surface area contributed by atoms with E-state index in [1.807, 2.05) is 0 Å². The molecule has 1 N–H and O–H groups in total. The van der Waals surface area contributed by atoms with Crippen molar-refractivity contribution < 1.29 is 9.53 Å². The second-order valence-corrected chi connectivity index (χ2v) is 5.62. The highest BCUT2D eigenvalue weighted by atomic mass is 16.5. The third-order valence-corrected chi connectivity index (χ3v) is 1.87. The summed E-state index contributed by atoms with van der Waals surface area (Å²) in [5.41, 5.74) is 0.235. The molecule has 0 aliphatic rings. The number of ether oxygens (including phenoxy) is 1. The summed E-state index contributed by atoms with van der Waals surface area (Å²) in [5.74, 6) is -0.339. The topological polar surface area (TPSA) is 38.3 Å². The first-order valence-corrected chi connectivity index (χ1v) is 5.18. The third-order valence-electron chi connectivity index (χ3n) is 1.87. The maximum Gasteiger partial charge on any atom is 0.331 e. The van der Waals surface area contributed by atoms with E-state index in [1.54, 1.807) is 6.20 Å². The lowest BCUT2D eigenvalue weighted by molar-refractivity contribution is -0.134. The Hall–Kier alpha value is -0.990. The van der Waals surface area contributed by atoms with Crippen LogP contribution in [0, 0.1) is 5.41 Å². The van der Waals surface area contributed by atoms with Crippen LogP contribution >= 0.6 is 0 Å². The monoisotopic (exact) mass is 213 g/mol. The van der Waals surface area contributed by atoms with Crippen molar-refractivity contribution in [2.24, 2.45) is 5.41 Å². The van der Waals surface area contributed by atoms with Gasteiger partial charge in [0, 0.05) is 17.8 Å². The lowest BCUT2D eigenvalue weighted by atomic mass is 9.82. The normalized spacial score (nSPS) is 12.9. The summed E-state index contributed by atoms with van der Waals surface area (Å²) < 4.78 is 4.50. The summed E-state index contributed by atoms with van der Waals surface area (Å²) in [5, 5.41) is 3.20. The van der Waals surface area contributed by atoms with Crippen molar-refractivity contribution in [1.29, 1.82) is 0 Å². The van der Waals surface area contributed by atoms with Crippen LogP contribution in [0.3, 0.4) is 0 Å². The van der Waals surface area contributed by atoms with Gasteiger partial charge in [0.15, 0.2) is 0 Å². The van der Waals surface area contributed by atoms with Gasteiger partial charge in [-0.05, 0) is 25.7 Å². The van der Waals surface area contributed by atoms with Crippen molar-refractivity contribution in [2.45, 2.75) is 46.6 Å². The Morgan fingerprint density at radius 3 is 2.20 bits per heavy atom. The molecule has 0 saturated heterocycles. The predicted octanol–water partition coefficient (Wildman–Crippen LogP) is 2.48. The average Bonchev–Trinajstić information content (AvgIpc) is 1.98. The third kappa shape index (κ3) is 8.03. The maximum atomic E-state index is 10.8. The first-order chi connectivity index (χ1) is 6.66. The van der Waals surface area contributed by atoms with Crippen molar-refractivity contribution in [3.8, 4) is 0 Å². The van der Waals surface area contributed by atoms with Gasteiger partial charge in [0.05, 0.1) is 7.11 Å². The van der Waals surface area contributed by atoms with E-state index >= 15 is 0 Å². The van der Waals surface area contributed by atoms with E-state index in [-0.39, 0.29) is 16.9 Å². The van der Waals surface area contributed by atoms with Crippen molar-refractivity contribution in [3.05, 3.63) is 12.3 Å². The number of esters is 1. The molecule has 0 aromatic heterocycles. The van der Waals surface area contributed by atoms with Crippen LogP contribution in [0.15, 0.2) is 12.3 Å². The number of nitrogens with one attached hydrogen (secondary N) is 1. The van der Waals surface area contributed by atoms with Crippen LogP contribution < -0.4 is 5.32 Å². The van der Waals surface area contributed by atoms with E-state index in [4.69, 9.17) is 0 Å². The van der Waals surface area contributed by atoms with E-state index in [1.165, 1.54) is 13.2 Å². The van der Waals surface area contributed by atoms with Crippen molar-refractivity contribution in [3.63, 3.8) is 0 Å². The van der Waals surface area contributed by atoms with Gasteiger partial charge in [0.25, 0.3) is 0 Å². The zero-order valence-corrected chi connectivity index (χ0v) is 10.7. The molecule has 0 atom stereocenters. The Labute approximate surface area is 92.9 Å². The molecule has 0 aromatic carbocycles. The van der Waals surface area contributed by atoms with Crippen LogP contribution in [0.25, 0.3) is 0 Å². The quantitative estimate of drug-likeness (QED) is 0.576. The van der Waals surface area contributed by atoms with Gasteiger partial charge >= 0.3 is 5.97 Å². The Balaban J connectivity index is 4.15. The molecule has 88 valence electrons. The lowest BCUT2D eigenvalue weighted by Crippen LogP contribution is -2.39. The Kier molecular flexibility index (Phi) is 4.85. The van der Waals surface area contributed by atoms with Gasteiger partial charge in [0.1, 0.15) is 0 Å². The molecule has 3 nitrogen and oxygen atoms in total. The summed E-state index contributed by atoms with van der Waals surface area (Å²) in [6.07, 6.45) is 4.06. The number of carbonyl (C=O) groups is 1. The Morgan fingerprint density at radius 1 is 1.27 bits per heavy atom. The molecular formula is C12H23NO2. The van der Waals surface area contributed by atoms with Crippen LogP contribution in [0.4, 0.5) is 0 Å². The van der Waals surface area contributed by atoms with Gasteiger partial charge in [0.2, 0.25) is 0 Å². The number of methoxy groups -OCH3 is 1. The molecule has 0 aliphatic carbocycles. The highest BCUT2D eigenvalue weighted by Gasteiger charge is 2.23. The molecule has 15 heavy (non-hydrogen) atoms. The van der Waals surface area contributed by atoms with Crippen LogP contribution in [-0.2, 0) is 9.53 Å². The zero-order valence-electron chi connectivity index (χ0n) is 10.7. The SMILES string of the molecule is COC(=O)/C=C/NC(C)(C)CC(C)(C)C. The molecule has 3 heteroatoms. The number of carbonyl (C=O) groups excluding carboxylic acids is 1. The largest absolute Gasteiger partial charge is 0.466 e. The minimum absolute atomic E-state index is 0.0250. The molecule has 0 heterocycles. The molecule has 0 spiro atoms. The number of hydrogen-bond acceptors (Lipinski definition) is 3. The molecule has 0 rings (SSSR count). The van der Waals surface area contributed by atoms with E-state index in [9.17, 15) is 4.79 Å². The van der Waals surface area contributed by atoms with Crippen molar-refractivity contribution in [1.82, 2.24) is 5.32 Å². The summed E-state index contributed by atoms with van der Waals surface area (Å²) >= 11 is 0. The van der Waals surface area contributed by atoms with E-state index < -0.39 is 0 Å². The fraction of sp³-hybridized carbons (Fsp3) is 0.750. The Bertz CT molecular complexity index is 236. The fourth-order valence-corrected chi connectivity index (χ4v) is 1.78. The molecule has 0 fully saturated rings. The van der Waals surface area contributed by atoms with Gasteiger partial charge in [-0.3, -0.25) is 0 Å². The molecular weight excluding hydrogens is 190 g/mol. The van der Waals surface area contributed by atoms with Crippen molar-refractivity contribution in [2.75, 3.05) is 7.11 Å². The summed E-state index contributed by atoms with van der Waals surface area (Å²) in [4.78, 5) is 10.8. The second kappa shape index (κ2) is 5.19. The van der Waals surface area contributed by atoms with Gasteiger partial charge in [-0.1, -0.05) is 20.8 Å². The summed E-state index contributed by atoms with van der Waals surface area (Å²) in [7, 11) is 1.37. The zero-order chi connectivity index (χ0) is 12.1. The molecule has 0 bridgehead atoms. The molecule has 0 saturated carbocycles. The second-order valence-electron chi connectivity index (χ2n) is 5.62. The van der Waals surface area contributed by atoms with Crippen LogP contribution in [-0.4, -0.2) is 18.6 Å². The highest BCUT2D eigenvalue weighted by Crippen LogP contribution is 2.26. The minimum Gasteiger partial charge on any atom is -0.466 e. The highest BCUT2D eigenvalue weighted by molar-refractivity contribution is 5.81. The fourth-order valence-electron chi connectivity index (χ4n) is 1.78. The van der Waals surface area contributed by atoms with Crippen LogP contribution in [0.1, 0.15) is 41.0 Å². The standard InChI is InChI=1S/C12H23NO2/c1-11(2,3)9-12(4,5)13-8-7-10(14)15-6/h7-8,13H,9H2,1-6H3/b8-7+. The summed E-state index contributed by atoms with van der Waals surface area (Å²) in [6.45, 7) is 10.8. The molecule has 0 unspecified atom stereocenters.